The maximum Gasteiger partial charge on any atom is 0.165 e. The predicted molar refractivity (Wildman–Crippen MR) is 66.0 cm³/mol. The molecule has 3 rings (SSSR count). The van der Waals surface area contributed by atoms with Crippen LogP contribution in [0.25, 0.3) is 11.2 Å². The van der Waals surface area contributed by atoms with Gasteiger partial charge in [-0.3, -0.25) is 0 Å². The van der Waals surface area contributed by atoms with Crippen LogP contribution in [0.4, 0.5) is 5.82 Å². The van der Waals surface area contributed by atoms with E-state index in [1.54, 1.807) is 4.57 Å². The molecular weight excluding hydrogens is 250 g/mol. The van der Waals surface area contributed by atoms with E-state index in [9.17, 15) is 15.3 Å². The van der Waals surface area contributed by atoms with Crippen molar-refractivity contribution in [2.24, 2.45) is 0 Å². The first-order chi connectivity index (χ1) is 8.90. The first-order valence-electron chi connectivity index (χ1n) is 5.89. The second kappa shape index (κ2) is 3.62. The number of anilines is 1. The largest absolute Gasteiger partial charge is 0.393 e. The molecule has 1 aliphatic rings. The predicted octanol–water partition coefficient (Wildman–Crippen LogP) is -1.17. The number of aliphatic hydroxyl groups is 3. The number of aromatic nitrogens is 4. The molecule has 0 saturated heterocycles. The van der Waals surface area contributed by atoms with Gasteiger partial charge in [0.05, 0.1) is 19.0 Å². The van der Waals surface area contributed by atoms with Gasteiger partial charge >= 0.3 is 0 Å². The summed E-state index contributed by atoms with van der Waals surface area (Å²) < 4.78 is 1.65. The molecule has 102 valence electrons. The lowest BCUT2D eigenvalue weighted by Gasteiger charge is -2.56. The van der Waals surface area contributed by atoms with Crippen molar-refractivity contribution in [3.05, 3.63) is 12.7 Å². The zero-order valence-corrected chi connectivity index (χ0v) is 10.4. The number of rotatable bonds is 2. The highest BCUT2D eigenvalue weighted by Crippen LogP contribution is 2.50. The van der Waals surface area contributed by atoms with Crippen molar-refractivity contribution in [1.82, 2.24) is 19.5 Å². The van der Waals surface area contributed by atoms with Gasteiger partial charge in [0.25, 0.3) is 0 Å². The van der Waals surface area contributed by atoms with E-state index in [2.05, 4.69) is 15.0 Å². The lowest BCUT2D eigenvalue weighted by molar-refractivity contribution is -0.257. The van der Waals surface area contributed by atoms with Crippen molar-refractivity contribution in [3.8, 4) is 0 Å². The van der Waals surface area contributed by atoms with E-state index < -0.39 is 23.9 Å². The first-order valence-corrected chi connectivity index (χ1v) is 5.89. The van der Waals surface area contributed by atoms with Crippen molar-refractivity contribution in [1.29, 1.82) is 0 Å². The zero-order valence-electron chi connectivity index (χ0n) is 10.4. The summed E-state index contributed by atoms with van der Waals surface area (Å²) in [4.78, 5) is 12.1. The molecule has 0 spiro atoms. The fourth-order valence-corrected chi connectivity index (χ4v) is 2.60. The van der Waals surface area contributed by atoms with Crippen LogP contribution in [0.3, 0.4) is 0 Å². The summed E-state index contributed by atoms with van der Waals surface area (Å²) in [5, 5.41) is 29.6. The molecular formula is C11H15N5O3. The molecule has 5 N–H and O–H groups in total. The molecule has 1 aliphatic carbocycles. The van der Waals surface area contributed by atoms with Crippen molar-refractivity contribution < 1.29 is 15.3 Å². The van der Waals surface area contributed by atoms with Crippen molar-refractivity contribution >= 4 is 17.0 Å². The van der Waals surface area contributed by atoms with Gasteiger partial charge in [-0.1, -0.05) is 0 Å². The Labute approximate surface area is 108 Å². The van der Waals surface area contributed by atoms with Gasteiger partial charge < -0.3 is 25.6 Å². The maximum absolute atomic E-state index is 10.4. The fourth-order valence-electron chi connectivity index (χ4n) is 2.60. The molecule has 8 nitrogen and oxygen atoms in total. The Morgan fingerprint density at radius 1 is 1.42 bits per heavy atom. The minimum absolute atomic E-state index is 0.214. The molecule has 1 fully saturated rings. The Balaban J connectivity index is 2.06. The Kier molecular flexibility index (Phi) is 2.34. The average molecular weight is 265 g/mol. The van der Waals surface area contributed by atoms with Crippen LogP contribution in [-0.4, -0.2) is 52.6 Å². The Bertz CT molecular complexity index is 640. The summed E-state index contributed by atoms with van der Waals surface area (Å²) in [6.07, 6.45) is 3.04. The molecule has 2 heterocycles. The Morgan fingerprint density at radius 3 is 2.79 bits per heavy atom. The normalized spacial score (nSPS) is 34.4. The van der Waals surface area contributed by atoms with E-state index in [0.29, 0.717) is 11.2 Å². The van der Waals surface area contributed by atoms with Gasteiger partial charge in [-0.25, -0.2) is 15.0 Å². The van der Waals surface area contributed by atoms with Crippen molar-refractivity contribution in [3.63, 3.8) is 0 Å². The van der Waals surface area contributed by atoms with E-state index in [0.717, 1.165) is 0 Å². The summed E-state index contributed by atoms with van der Waals surface area (Å²) in [7, 11) is 0. The number of nitrogens with two attached hydrogens (primary N) is 1. The van der Waals surface area contributed by atoms with Crippen LogP contribution in [0.1, 0.15) is 19.4 Å². The number of hydrogen-bond donors (Lipinski definition) is 4. The van der Waals surface area contributed by atoms with Crippen LogP contribution in [0.15, 0.2) is 12.7 Å². The Morgan fingerprint density at radius 2 is 2.16 bits per heavy atom. The highest BCUT2D eigenvalue weighted by molar-refractivity contribution is 5.81. The summed E-state index contributed by atoms with van der Waals surface area (Å²) in [5.41, 5.74) is 3.68. The molecule has 19 heavy (non-hydrogen) atoms. The zero-order chi connectivity index (χ0) is 13.8. The van der Waals surface area contributed by atoms with E-state index in [4.69, 9.17) is 5.73 Å². The number of hydrogen-bond acceptors (Lipinski definition) is 7. The fraction of sp³-hybridized carbons (Fsp3) is 0.545. The number of nitrogen functional groups attached to an aromatic ring is 1. The van der Waals surface area contributed by atoms with Gasteiger partial charge in [0, 0.05) is 6.42 Å². The number of fused-ring (bicyclic) bond motifs is 1. The van der Waals surface area contributed by atoms with E-state index >= 15 is 0 Å². The second-order valence-corrected chi connectivity index (χ2v) is 5.14. The number of nitrogens with zero attached hydrogens (tertiary/aromatic N) is 4. The topological polar surface area (TPSA) is 130 Å². The van der Waals surface area contributed by atoms with Crippen LogP contribution in [0.5, 0.6) is 0 Å². The van der Waals surface area contributed by atoms with Crippen molar-refractivity contribution in [2.75, 3.05) is 12.3 Å². The molecule has 2 aromatic heterocycles. The standard InChI is InChI=1S/C11H15N5O3/c1-10(18)6(2-11(10,19)3-17)16-5-15-7-8(12)13-4-14-9(7)16/h4-6,17-19H,2-3H2,1H3,(H2,12,13,14)/t6-,10+,11+/m1/s1. The Hall–Kier alpha value is -1.77. The molecule has 0 aliphatic heterocycles. The second-order valence-electron chi connectivity index (χ2n) is 5.14. The summed E-state index contributed by atoms with van der Waals surface area (Å²) in [6, 6.07) is -0.427. The molecule has 3 atom stereocenters. The van der Waals surface area contributed by atoms with E-state index in [-0.39, 0.29) is 12.2 Å². The third-order valence-electron chi connectivity index (χ3n) is 4.11. The molecule has 0 unspecified atom stereocenters. The monoisotopic (exact) mass is 265 g/mol. The van der Waals surface area contributed by atoms with Gasteiger partial charge in [0.15, 0.2) is 11.5 Å². The quantitative estimate of drug-likeness (QED) is 0.538. The lowest BCUT2D eigenvalue weighted by atomic mass is 9.62. The number of imidazole rings is 1. The highest BCUT2D eigenvalue weighted by atomic mass is 16.4. The van der Waals surface area contributed by atoms with E-state index in [1.807, 2.05) is 0 Å². The van der Waals surface area contributed by atoms with Gasteiger partial charge in [-0.2, -0.15) is 0 Å². The van der Waals surface area contributed by atoms with Gasteiger partial charge in [0.2, 0.25) is 0 Å². The molecule has 0 bridgehead atoms. The molecule has 0 aromatic carbocycles. The smallest absolute Gasteiger partial charge is 0.165 e. The number of aliphatic hydroxyl groups excluding tert-OH is 1. The molecule has 2 aromatic rings. The average Bonchev–Trinajstić information content (AvgIpc) is 2.80. The van der Waals surface area contributed by atoms with Crippen molar-refractivity contribution in [2.45, 2.75) is 30.6 Å². The third kappa shape index (κ3) is 1.41. The SMILES string of the molecule is C[C@]1(O)[C@H](n2cnc3c(N)ncnc32)C[C@]1(O)CO. The van der Waals surface area contributed by atoms with Crippen LogP contribution in [0.2, 0.25) is 0 Å². The van der Waals surface area contributed by atoms with Crippen LogP contribution < -0.4 is 5.73 Å². The third-order valence-corrected chi connectivity index (χ3v) is 4.11. The summed E-state index contributed by atoms with van der Waals surface area (Å²) in [5.74, 6) is 0.264. The molecule has 0 amide bonds. The van der Waals surface area contributed by atoms with Crippen LogP contribution >= 0.6 is 0 Å². The molecule has 8 heteroatoms. The summed E-state index contributed by atoms with van der Waals surface area (Å²) in [6.45, 7) is 0.980. The minimum atomic E-state index is -1.51. The van der Waals surface area contributed by atoms with Crippen LogP contribution in [0, 0.1) is 0 Å². The van der Waals surface area contributed by atoms with Gasteiger partial charge in [-0.05, 0) is 6.92 Å². The first kappa shape index (κ1) is 12.3. The highest BCUT2D eigenvalue weighted by Gasteiger charge is 2.62. The van der Waals surface area contributed by atoms with Gasteiger partial charge in [0.1, 0.15) is 23.0 Å². The van der Waals surface area contributed by atoms with E-state index in [1.165, 1.54) is 19.6 Å². The summed E-state index contributed by atoms with van der Waals surface area (Å²) >= 11 is 0. The molecule has 1 saturated carbocycles. The minimum Gasteiger partial charge on any atom is -0.393 e. The van der Waals surface area contributed by atoms with Crippen LogP contribution in [-0.2, 0) is 0 Å². The maximum atomic E-state index is 10.4. The lowest BCUT2D eigenvalue weighted by Crippen LogP contribution is -2.69. The molecule has 0 radical (unpaired) electrons. The van der Waals surface area contributed by atoms with Gasteiger partial charge in [-0.15, -0.1) is 0 Å².